The van der Waals surface area contributed by atoms with E-state index in [-0.39, 0.29) is 5.78 Å². The fraction of sp³-hybridized carbons (Fsp3) is 0.667. The molecule has 2 heteroatoms. The third-order valence-electron chi connectivity index (χ3n) is 1.85. The van der Waals surface area contributed by atoms with Crippen molar-refractivity contribution >= 4 is 5.78 Å². The molecule has 0 aromatic rings. The van der Waals surface area contributed by atoms with Crippen molar-refractivity contribution in [3.8, 4) is 0 Å². The van der Waals surface area contributed by atoms with Gasteiger partial charge in [-0.25, -0.2) is 0 Å². The highest BCUT2D eigenvalue weighted by atomic mass is 16.1. The molecular weight excluding hydrogens is 138 g/mol. The Kier molecular flexibility index (Phi) is 2.69. The van der Waals surface area contributed by atoms with Gasteiger partial charge >= 0.3 is 0 Å². The monoisotopic (exact) mass is 153 g/mol. The van der Waals surface area contributed by atoms with Crippen molar-refractivity contribution in [3.63, 3.8) is 0 Å². The van der Waals surface area contributed by atoms with Gasteiger partial charge in [0.15, 0.2) is 5.78 Å². The maximum Gasteiger partial charge on any atom is 0.160 e. The lowest BCUT2D eigenvalue weighted by atomic mass is 10.2. The van der Waals surface area contributed by atoms with Crippen LogP contribution in [0.1, 0.15) is 32.6 Å². The van der Waals surface area contributed by atoms with Gasteiger partial charge in [0.05, 0.1) is 0 Å². The Labute approximate surface area is 67.5 Å². The van der Waals surface area contributed by atoms with E-state index >= 15 is 0 Å². The molecule has 1 fully saturated rings. The lowest BCUT2D eigenvalue weighted by Crippen LogP contribution is -2.03. The number of hydrogen-bond acceptors (Lipinski definition) is 2. The minimum atomic E-state index is 0.232. The molecule has 0 unspecified atom stereocenters. The quantitative estimate of drug-likeness (QED) is 0.623. The van der Waals surface area contributed by atoms with Gasteiger partial charge in [0.1, 0.15) is 0 Å². The second-order valence-electron chi connectivity index (χ2n) is 3.15. The van der Waals surface area contributed by atoms with E-state index in [1.54, 1.807) is 6.08 Å². The van der Waals surface area contributed by atoms with E-state index < -0.39 is 0 Å². The summed E-state index contributed by atoms with van der Waals surface area (Å²) in [5.74, 6) is 0.543. The largest absolute Gasteiger partial charge is 0.402 e. The van der Waals surface area contributed by atoms with Crippen molar-refractivity contribution in [2.24, 2.45) is 11.7 Å². The van der Waals surface area contributed by atoms with Crippen LogP contribution in [0.5, 0.6) is 0 Å². The summed E-state index contributed by atoms with van der Waals surface area (Å²) in [6, 6.07) is 0. The Bertz CT molecular complexity index is 180. The molecule has 0 spiro atoms. The van der Waals surface area contributed by atoms with Crippen molar-refractivity contribution in [2.75, 3.05) is 0 Å². The van der Waals surface area contributed by atoms with Crippen LogP contribution in [0.15, 0.2) is 11.8 Å². The molecule has 2 N–H and O–H groups in total. The molecule has 0 atom stereocenters. The van der Waals surface area contributed by atoms with Crippen LogP contribution in [0.3, 0.4) is 0 Å². The second kappa shape index (κ2) is 3.56. The summed E-state index contributed by atoms with van der Waals surface area (Å²) in [5, 5.41) is 0. The van der Waals surface area contributed by atoms with E-state index in [2.05, 4.69) is 6.92 Å². The van der Waals surface area contributed by atoms with E-state index in [4.69, 9.17) is 5.73 Å². The molecule has 0 aromatic heterocycles. The maximum absolute atomic E-state index is 11.1. The van der Waals surface area contributed by atoms with Crippen molar-refractivity contribution in [2.45, 2.75) is 32.6 Å². The lowest BCUT2D eigenvalue weighted by molar-refractivity contribution is -0.115. The summed E-state index contributed by atoms with van der Waals surface area (Å²) >= 11 is 0. The van der Waals surface area contributed by atoms with Crippen LogP contribution in [0.25, 0.3) is 0 Å². The number of rotatable bonds is 4. The summed E-state index contributed by atoms with van der Waals surface area (Å²) < 4.78 is 0. The normalized spacial score (nSPS) is 18.5. The Balaban J connectivity index is 2.35. The van der Waals surface area contributed by atoms with Gasteiger partial charge < -0.3 is 5.73 Å². The van der Waals surface area contributed by atoms with Crippen LogP contribution in [0.2, 0.25) is 0 Å². The Morgan fingerprint density at radius 3 is 2.73 bits per heavy atom. The topological polar surface area (TPSA) is 43.1 Å². The number of carbonyl (C=O) groups excluding carboxylic acids is 1. The number of nitrogens with two attached hydrogens (primary N) is 1. The molecule has 0 aliphatic heterocycles. The first-order valence-corrected chi connectivity index (χ1v) is 4.24. The van der Waals surface area contributed by atoms with E-state index in [0.717, 1.165) is 31.4 Å². The van der Waals surface area contributed by atoms with E-state index in [1.165, 1.54) is 0 Å². The predicted molar refractivity (Wildman–Crippen MR) is 44.9 cm³/mol. The molecule has 0 heterocycles. The fourth-order valence-corrected chi connectivity index (χ4v) is 1.03. The number of allylic oxidation sites excluding steroid dienone is 2. The highest BCUT2D eigenvalue weighted by Gasteiger charge is 2.27. The summed E-state index contributed by atoms with van der Waals surface area (Å²) in [7, 11) is 0. The second-order valence-corrected chi connectivity index (χ2v) is 3.15. The van der Waals surface area contributed by atoms with Gasteiger partial charge in [-0.1, -0.05) is 13.3 Å². The molecule has 0 radical (unpaired) electrons. The average molecular weight is 153 g/mol. The zero-order valence-corrected chi connectivity index (χ0v) is 6.97. The minimum Gasteiger partial charge on any atom is -0.402 e. The Morgan fingerprint density at radius 2 is 2.27 bits per heavy atom. The molecule has 1 aliphatic carbocycles. The first kappa shape index (κ1) is 8.31. The Morgan fingerprint density at radius 1 is 1.64 bits per heavy atom. The van der Waals surface area contributed by atoms with Gasteiger partial charge in [-0.3, -0.25) is 4.79 Å². The van der Waals surface area contributed by atoms with Crippen LogP contribution in [0.4, 0.5) is 0 Å². The van der Waals surface area contributed by atoms with Crippen molar-refractivity contribution < 1.29 is 4.79 Å². The standard InChI is InChI=1S/C9H15NO/c1-2-3-8(10)6-9(11)7-4-5-7/h6-7H,2-5,10H2,1H3/b8-6-. The molecule has 0 bridgehead atoms. The van der Waals surface area contributed by atoms with Crippen molar-refractivity contribution in [1.29, 1.82) is 0 Å². The van der Waals surface area contributed by atoms with Crippen molar-refractivity contribution in [3.05, 3.63) is 11.8 Å². The van der Waals surface area contributed by atoms with E-state index in [1.807, 2.05) is 0 Å². The molecule has 1 rings (SSSR count). The zero-order valence-electron chi connectivity index (χ0n) is 6.97. The molecular formula is C9H15NO. The SMILES string of the molecule is CCC/C(N)=C/C(=O)C1CC1. The molecule has 2 nitrogen and oxygen atoms in total. The molecule has 62 valence electrons. The number of carbonyl (C=O) groups is 1. The van der Waals surface area contributed by atoms with E-state index in [0.29, 0.717) is 5.92 Å². The summed E-state index contributed by atoms with van der Waals surface area (Å²) in [6.45, 7) is 2.06. The Hall–Kier alpha value is -0.790. The van der Waals surface area contributed by atoms with Crippen LogP contribution in [-0.4, -0.2) is 5.78 Å². The van der Waals surface area contributed by atoms with Gasteiger partial charge in [-0.2, -0.15) is 0 Å². The van der Waals surface area contributed by atoms with Crippen LogP contribution in [0, 0.1) is 5.92 Å². The minimum absolute atomic E-state index is 0.232. The summed E-state index contributed by atoms with van der Waals surface area (Å²) in [4.78, 5) is 11.1. The third-order valence-corrected chi connectivity index (χ3v) is 1.85. The predicted octanol–water partition coefficient (Wildman–Crippen LogP) is 1.61. The number of ketones is 1. The van der Waals surface area contributed by atoms with Crippen molar-refractivity contribution in [1.82, 2.24) is 0 Å². The van der Waals surface area contributed by atoms with Crippen LogP contribution >= 0.6 is 0 Å². The maximum atomic E-state index is 11.1. The smallest absolute Gasteiger partial charge is 0.160 e. The summed E-state index contributed by atoms with van der Waals surface area (Å²) in [5.41, 5.74) is 6.33. The average Bonchev–Trinajstić information content (AvgIpc) is 2.67. The van der Waals surface area contributed by atoms with Crippen LogP contribution in [-0.2, 0) is 4.79 Å². The molecule has 1 aliphatic rings. The first-order chi connectivity index (χ1) is 5.24. The van der Waals surface area contributed by atoms with E-state index in [9.17, 15) is 4.79 Å². The van der Waals surface area contributed by atoms with Gasteiger partial charge in [-0.05, 0) is 19.3 Å². The first-order valence-electron chi connectivity index (χ1n) is 4.24. The zero-order chi connectivity index (χ0) is 8.27. The molecule has 0 aromatic carbocycles. The number of hydrogen-bond donors (Lipinski definition) is 1. The lowest BCUT2D eigenvalue weighted by Gasteiger charge is -1.95. The van der Waals surface area contributed by atoms with Gasteiger partial charge in [0, 0.05) is 17.7 Å². The van der Waals surface area contributed by atoms with Crippen LogP contribution < -0.4 is 5.73 Å². The molecule has 1 saturated carbocycles. The summed E-state index contributed by atoms with van der Waals surface area (Å²) in [6.07, 6.45) is 5.60. The van der Waals surface area contributed by atoms with Gasteiger partial charge in [-0.15, -0.1) is 0 Å². The molecule has 11 heavy (non-hydrogen) atoms. The van der Waals surface area contributed by atoms with Gasteiger partial charge in [0.25, 0.3) is 0 Å². The highest BCUT2D eigenvalue weighted by molar-refractivity contribution is 5.93. The molecule has 0 saturated heterocycles. The van der Waals surface area contributed by atoms with Gasteiger partial charge in [0.2, 0.25) is 0 Å². The molecule has 0 amide bonds. The fourth-order valence-electron chi connectivity index (χ4n) is 1.03. The third kappa shape index (κ3) is 2.74. The highest BCUT2D eigenvalue weighted by Crippen LogP contribution is 2.30.